The number of halogens is 1. The fourth-order valence-electron chi connectivity index (χ4n) is 1.46. The molecule has 1 amide bonds. The average Bonchev–Trinajstić information content (AvgIpc) is 2.82. The molecule has 2 aromatic rings. The lowest BCUT2D eigenvalue weighted by atomic mass is 10.3. The lowest BCUT2D eigenvalue weighted by molar-refractivity contribution is -0.113. The molecule has 4 heteroatoms. The van der Waals surface area contributed by atoms with E-state index >= 15 is 0 Å². The maximum atomic E-state index is 11.9. The molecule has 1 heterocycles. The zero-order chi connectivity index (χ0) is 13.0. The van der Waals surface area contributed by atoms with Crippen molar-refractivity contribution in [1.82, 2.24) is 0 Å². The molecule has 0 aliphatic carbocycles. The molecule has 2 rings (SSSR count). The Morgan fingerprint density at radius 3 is 2.56 bits per heavy atom. The number of carbonyl (C=O) groups is 1. The molecule has 0 radical (unpaired) electrons. The van der Waals surface area contributed by atoms with Gasteiger partial charge in [-0.3, -0.25) is 4.79 Å². The van der Waals surface area contributed by atoms with Crippen molar-refractivity contribution in [3.63, 3.8) is 0 Å². The van der Waals surface area contributed by atoms with Gasteiger partial charge in [0.15, 0.2) is 4.67 Å². The molecule has 0 bridgehead atoms. The number of hydrogen-bond donors (Lipinski definition) is 0. The molecular formula is C14H12BrNO2. The van der Waals surface area contributed by atoms with Crippen molar-refractivity contribution in [2.75, 3.05) is 11.9 Å². The number of amides is 1. The van der Waals surface area contributed by atoms with E-state index in [-0.39, 0.29) is 5.91 Å². The smallest absolute Gasteiger partial charge is 0.250 e. The van der Waals surface area contributed by atoms with E-state index in [9.17, 15) is 4.79 Å². The molecule has 0 saturated carbocycles. The molecule has 18 heavy (non-hydrogen) atoms. The largest absolute Gasteiger partial charge is 0.450 e. The Balaban J connectivity index is 2.06. The number of hydrogen-bond acceptors (Lipinski definition) is 2. The summed E-state index contributed by atoms with van der Waals surface area (Å²) in [5.74, 6) is 0.533. The maximum absolute atomic E-state index is 11.9. The van der Waals surface area contributed by atoms with Gasteiger partial charge in [0, 0.05) is 18.8 Å². The number of rotatable bonds is 3. The molecule has 1 aromatic carbocycles. The van der Waals surface area contributed by atoms with Crippen LogP contribution in [0, 0.1) is 0 Å². The quantitative estimate of drug-likeness (QED) is 0.810. The van der Waals surface area contributed by atoms with E-state index in [4.69, 9.17) is 4.42 Å². The highest BCUT2D eigenvalue weighted by atomic mass is 79.9. The third-order valence-corrected chi connectivity index (χ3v) is 2.88. The molecule has 0 N–H and O–H groups in total. The van der Waals surface area contributed by atoms with Gasteiger partial charge in [0.05, 0.1) is 0 Å². The predicted octanol–water partition coefficient (Wildman–Crippen LogP) is 3.72. The van der Waals surface area contributed by atoms with Gasteiger partial charge in [-0.1, -0.05) is 18.2 Å². The summed E-state index contributed by atoms with van der Waals surface area (Å²) >= 11 is 3.21. The first kappa shape index (κ1) is 12.6. The van der Waals surface area contributed by atoms with Crippen LogP contribution in [-0.2, 0) is 4.79 Å². The third kappa shape index (κ3) is 3.11. The van der Waals surface area contributed by atoms with Crippen molar-refractivity contribution in [2.45, 2.75) is 0 Å². The van der Waals surface area contributed by atoms with E-state index in [0.29, 0.717) is 10.4 Å². The van der Waals surface area contributed by atoms with Crippen LogP contribution in [0.4, 0.5) is 5.69 Å². The van der Waals surface area contributed by atoms with Gasteiger partial charge in [0.25, 0.3) is 5.91 Å². The molecule has 92 valence electrons. The summed E-state index contributed by atoms with van der Waals surface area (Å²) in [6, 6.07) is 13.0. The Labute approximate surface area is 114 Å². The normalized spacial score (nSPS) is 10.8. The fourth-order valence-corrected chi connectivity index (χ4v) is 1.78. The van der Waals surface area contributed by atoms with Crippen molar-refractivity contribution < 1.29 is 9.21 Å². The number of nitrogens with zero attached hydrogens (tertiary/aromatic N) is 1. The molecule has 0 spiro atoms. The van der Waals surface area contributed by atoms with E-state index in [2.05, 4.69) is 15.9 Å². The lowest BCUT2D eigenvalue weighted by Gasteiger charge is -2.14. The summed E-state index contributed by atoms with van der Waals surface area (Å²) in [5, 5.41) is 0. The summed E-state index contributed by atoms with van der Waals surface area (Å²) in [7, 11) is 1.74. The Kier molecular flexibility index (Phi) is 3.99. The van der Waals surface area contributed by atoms with Crippen molar-refractivity contribution in [3.05, 3.63) is 59.0 Å². The number of likely N-dealkylation sites (N-methyl/N-ethyl adjacent to an activating group) is 1. The zero-order valence-electron chi connectivity index (χ0n) is 9.84. The van der Waals surface area contributed by atoms with Crippen LogP contribution in [0.2, 0.25) is 0 Å². The van der Waals surface area contributed by atoms with E-state index in [1.807, 2.05) is 30.3 Å². The molecule has 0 atom stereocenters. The van der Waals surface area contributed by atoms with Gasteiger partial charge < -0.3 is 9.32 Å². The van der Waals surface area contributed by atoms with Crippen LogP contribution in [0.5, 0.6) is 0 Å². The van der Waals surface area contributed by atoms with Crippen molar-refractivity contribution in [1.29, 1.82) is 0 Å². The fraction of sp³-hybridized carbons (Fsp3) is 0.0714. The minimum atomic E-state index is -0.103. The van der Waals surface area contributed by atoms with Gasteiger partial charge in [0.1, 0.15) is 5.76 Å². The zero-order valence-corrected chi connectivity index (χ0v) is 11.4. The summed E-state index contributed by atoms with van der Waals surface area (Å²) in [4.78, 5) is 13.5. The Hall–Kier alpha value is -1.81. The highest BCUT2D eigenvalue weighted by Gasteiger charge is 2.06. The number of carbonyl (C=O) groups excluding carboxylic acids is 1. The summed E-state index contributed by atoms with van der Waals surface area (Å²) < 4.78 is 5.92. The first-order valence-corrected chi connectivity index (χ1v) is 6.22. The first-order chi connectivity index (χ1) is 8.66. The minimum absolute atomic E-state index is 0.103. The molecule has 1 aromatic heterocycles. The SMILES string of the molecule is CN(C(=O)C=Cc1ccc(Br)o1)c1ccccc1. The highest BCUT2D eigenvalue weighted by Crippen LogP contribution is 2.16. The van der Waals surface area contributed by atoms with Crippen LogP contribution in [0.25, 0.3) is 6.08 Å². The second-order valence-electron chi connectivity index (χ2n) is 3.71. The number of para-hydroxylation sites is 1. The Bertz CT molecular complexity index is 560. The van der Waals surface area contributed by atoms with Crippen molar-refractivity contribution >= 4 is 33.6 Å². The second kappa shape index (κ2) is 5.69. The second-order valence-corrected chi connectivity index (χ2v) is 4.49. The summed E-state index contributed by atoms with van der Waals surface area (Å²) in [5.41, 5.74) is 0.854. The molecule has 0 fully saturated rings. The van der Waals surface area contributed by atoms with E-state index in [0.717, 1.165) is 5.69 Å². The lowest BCUT2D eigenvalue weighted by Crippen LogP contribution is -2.23. The average molecular weight is 306 g/mol. The first-order valence-electron chi connectivity index (χ1n) is 5.43. The standard InChI is InChI=1S/C14H12BrNO2/c1-16(11-5-3-2-4-6-11)14(17)10-8-12-7-9-13(15)18-12/h2-10H,1H3. The molecule has 0 saturated heterocycles. The summed E-state index contributed by atoms with van der Waals surface area (Å²) in [6.45, 7) is 0. The minimum Gasteiger partial charge on any atom is -0.450 e. The summed E-state index contributed by atoms with van der Waals surface area (Å²) in [6.07, 6.45) is 3.13. The van der Waals surface area contributed by atoms with Gasteiger partial charge in [0.2, 0.25) is 0 Å². The molecule has 0 unspecified atom stereocenters. The molecule has 3 nitrogen and oxygen atoms in total. The Morgan fingerprint density at radius 2 is 1.94 bits per heavy atom. The molecule has 0 aliphatic heterocycles. The predicted molar refractivity (Wildman–Crippen MR) is 75.3 cm³/mol. The highest BCUT2D eigenvalue weighted by molar-refractivity contribution is 9.10. The van der Waals surface area contributed by atoms with Gasteiger partial charge in [-0.2, -0.15) is 0 Å². The van der Waals surface area contributed by atoms with Crippen molar-refractivity contribution in [3.8, 4) is 0 Å². The van der Waals surface area contributed by atoms with Gasteiger partial charge in [-0.15, -0.1) is 0 Å². The monoisotopic (exact) mass is 305 g/mol. The van der Waals surface area contributed by atoms with Crippen molar-refractivity contribution in [2.24, 2.45) is 0 Å². The van der Waals surface area contributed by atoms with Crippen LogP contribution < -0.4 is 4.90 Å². The van der Waals surface area contributed by atoms with Crippen LogP contribution >= 0.6 is 15.9 Å². The number of benzene rings is 1. The molecular weight excluding hydrogens is 294 g/mol. The van der Waals surface area contributed by atoms with Crippen LogP contribution in [0.15, 0.2) is 57.6 Å². The van der Waals surface area contributed by atoms with E-state index in [1.165, 1.54) is 6.08 Å². The third-order valence-electron chi connectivity index (χ3n) is 2.46. The van der Waals surface area contributed by atoms with E-state index in [1.54, 1.807) is 30.2 Å². The van der Waals surface area contributed by atoms with Crippen LogP contribution in [0.3, 0.4) is 0 Å². The number of anilines is 1. The maximum Gasteiger partial charge on any atom is 0.250 e. The Morgan fingerprint density at radius 1 is 1.22 bits per heavy atom. The van der Waals surface area contributed by atoms with Crippen LogP contribution in [-0.4, -0.2) is 13.0 Å². The van der Waals surface area contributed by atoms with Gasteiger partial charge in [-0.25, -0.2) is 0 Å². The number of furan rings is 1. The topological polar surface area (TPSA) is 33.5 Å². The van der Waals surface area contributed by atoms with E-state index < -0.39 is 0 Å². The van der Waals surface area contributed by atoms with Crippen LogP contribution in [0.1, 0.15) is 5.76 Å². The van der Waals surface area contributed by atoms with Gasteiger partial charge >= 0.3 is 0 Å². The van der Waals surface area contributed by atoms with Gasteiger partial charge in [-0.05, 0) is 46.3 Å². The molecule has 0 aliphatic rings.